The van der Waals surface area contributed by atoms with Crippen molar-refractivity contribution in [3.8, 4) is 28.1 Å². The zero-order valence-electron chi connectivity index (χ0n) is 23.8. The molecule has 236 valence electrons. The van der Waals surface area contributed by atoms with Crippen LogP contribution in [0.1, 0.15) is 24.4 Å². The van der Waals surface area contributed by atoms with Crippen LogP contribution in [0.3, 0.4) is 0 Å². The number of anilines is 2. The monoisotopic (exact) mass is 661 g/mol. The number of hydrogen-bond donors (Lipinski definition) is 2. The van der Waals surface area contributed by atoms with Crippen molar-refractivity contribution in [2.75, 3.05) is 23.7 Å². The van der Waals surface area contributed by atoms with Gasteiger partial charge in [-0.25, -0.2) is 17.8 Å². The van der Waals surface area contributed by atoms with Gasteiger partial charge in [-0.1, -0.05) is 23.7 Å². The Balaban J connectivity index is 1.41. The van der Waals surface area contributed by atoms with Crippen molar-refractivity contribution >= 4 is 44.0 Å². The maximum absolute atomic E-state index is 14.0. The molecule has 0 amide bonds. The first-order valence-corrected chi connectivity index (χ1v) is 15.7. The minimum atomic E-state index is -5.03. The molecule has 0 atom stereocenters. The third-order valence-corrected chi connectivity index (χ3v) is 8.77. The third-order valence-electron chi connectivity index (χ3n) is 7.49. The van der Waals surface area contributed by atoms with E-state index in [4.69, 9.17) is 31.9 Å². The quantitative estimate of drug-likeness (QED) is 0.203. The number of halogens is 4. The fourth-order valence-electron chi connectivity index (χ4n) is 5.24. The summed E-state index contributed by atoms with van der Waals surface area (Å²) in [6, 6.07) is 8.44. The summed E-state index contributed by atoms with van der Waals surface area (Å²) < 4.78 is 81.2. The number of nitrogen functional groups attached to an aromatic ring is 1. The van der Waals surface area contributed by atoms with E-state index in [9.17, 15) is 21.6 Å². The van der Waals surface area contributed by atoms with Gasteiger partial charge in [0.05, 0.1) is 33.9 Å². The van der Waals surface area contributed by atoms with Crippen LogP contribution in [0, 0.1) is 5.82 Å². The van der Waals surface area contributed by atoms with Crippen molar-refractivity contribution in [3.05, 3.63) is 71.4 Å². The van der Waals surface area contributed by atoms with Gasteiger partial charge < -0.3 is 15.2 Å². The number of sulfonamides is 1. The van der Waals surface area contributed by atoms with Gasteiger partial charge in [-0.15, -0.1) is 0 Å². The third kappa shape index (κ3) is 6.15. The molecule has 1 fully saturated rings. The second-order valence-corrected chi connectivity index (χ2v) is 12.5. The van der Waals surface area contributed by atoms with Crippen molar-refractivity contribution in [2.45, 2.75) is 31.2 Å². The molecule has 5 aromatic rings. The Morgan fingerprint density at radius 1 is 1.16 bits per heavy atom. The van der Waals surface area contributed by atoms with Crippen LogP contribution >= 0.6 is 11.6 Å². The number of fused-ring (bicyclic) bond motifs is 1. The summed E-state index contributed by atoms with van der Waals surface area (Å²) in [6.45, 7) is 1.11. The number of aryl methyl sites for hydroxylation is 1. The highest BCUT2D eigenvalue weighted by atomic mass is 35.5. The summed E-state index contributed by atoms with van der Waals surface area (Å²) in [7, 11) is -3.29. The van der Waals surface area contributed by atoms with Crippen LogP contribution in [0.15, 0.2) is 55.0 Å². The fraction of sp³-hybridized carbons (Fsp3) is 0.276. The lowest BCUT2D eigenvalue weighted by Gasteiger charge is -2.22. The molecule has 1 saturated heterocycles. The molecule has 0 spiro atoms. The largest absolute Gasteiger partial charge is 0.487 e. The molecule has 2 aromatic carbocycles. The summed E-state index contributed by atoms with van der Waals surface area (Å²) in [4.78, 5) is 4.42. The Kier molecular flexibility index (Phi) is 8.33. The van der Waals surface area contributed by atoms with Crippen molar-refractivity contribution in [3.63, 3.8) is 0 Å². The molecule has 0 unspecified atom stereocenters. The molecule has 45 heavy (non-hydrogen) atoms. The van der Waals surface area contributed by atoms with E-state index in [1.54, 1.807) is 24.1 Å². The Bertz CT molecular complexity index is 2000. The molecule has 1 aliphatic heterocycles. The van der Waals surface area contributed by atoms with E-state index < -0.39 is 21.6 Å². The molecule has 0 aliphatic carbocycles. The molecule has 4 heterocycles. The number of aromatic nitrogens is 5. The maximum Gasteiger partial charge on any atom is 0.355 e. The van der Waals surface area contributed by atoms with E-state index in [2.05, 4.69) is 10.1 Å². The second kappa shape index (κ2) is 12.2. The summed E-state index contributed by atoms with van der Waals surface area (Å²) >= 11 is 5.77. The highest BCUT2D eigenvalue weighted by molar-refractivity contribution is 7.93. The van der Waals surface area contributed by atoms with Gasteiger partial charge in [-0.05, 0) is 42.7 Å². The number of nitrogens with two attached hydrogens (primary N) is 1. The van der Waals surface area contributed by atoms with Crippen molar-refractivity contribution in [1.29, 1.82) is 0 Å². The normalized spacial score (nSPS) is 14.4. The van der Waals surface area contributed by atoms with E-state index in [0.717, 1.165) is 30.0 Å². The lowest BCUT2D eigenvalue weighted by Crippen LogP contribution is -2.21. The first-order chi connectivity index (χ1) is 21.5. The number of nitrogens with one attached hydrogen (secondary N) is 1. The van der Waals surface area contributed by atoms with Crippen LogP contribution in [-0.2, 0) is 28.4 Å². The SMILES string of the molecule is Cn1nc(-c2ccc(NS(=O)(=O)C(F)F)c(OCc3ccc(Cl)c(F)c3)c2)c2c(N)ncc(-c3cnn(C4CCOCC4)c3)c21. The van der Waals surface area contributed by atoms with Gasteiger partial charge >= 0.3 is 5.76 Å². The zero-order valence-corrected chi connectivity index (χ0v) is 25.3. The lowest BCUT2D eigenvalue weighted by atomic mass is 10.0. The Hall–Kier alpha value is -4.34. The molecule has 11 nitrogen and oxygen atoms in total. The molecule has 0 bridgehead atoms. The fourth-order valence-corrected chi connectivity index (χ4v) is 5.92. The van der Waals surface area contributed by atoms with Gasteiger partial charge in [0.15, 0.2) is 0 Å². The van der Waals surface area contributed by atoms with Crippen molar-refractivity contribution in [2.24, 2.45) is 7.05 Å². The van der Waals surface area contributed by atoms with Crippen LogP contribution in [0.2, 0.25) is 5.02 Å². The Labute approximate surface area is 260 Å². The summed E-state index contributed by atoms with van der Waals surface area (Å²) in [5, 5.41) is 9.69. The smallest absolute Gasteiger partial charge is 0.355 e. The lowest BCUT2D eigenvalue weighted by molar-refractivity contribution is 0.0662. The van der Waals surface area contributed by atoms with Crippen LogP contribution < -0.4 is 15.2 Å². The first kappa shape index (κ1) is 30.7. The number of nitrogens with zero attached hydrogens (tertiary/aromatic N) is 5. The zero-order chi connectivity index (χ0) is 31.9. The van der Waals surface area contributed by atoms with E-state index >= 15 is 0 Å². The average Bonchev–Trinajstić information content (AvgIpc) is 3.65. The molecule has 1 aliphatic rings. The van der Waals surface area contributed by atoms with E-state index in [0.29, 0.717) is 40.9 Å². The van der Waals surface area contributed by atoms with Crippen LogP contribution in [-0.4, -0.2) is 51.9 Å². The van der Waals surface area contributed by atoms with Gasteiger partial charge in [0.25, 0.3) is 10.0 Å². The molecular weight excluding hydrogens is 635 g/mol. The number of benzene rings is 2. The van der Waals surface area contributed by atoms with Crippen LogP contribution in [0.25, 0.3) is 33.3 Å². The Morgan fingerprint density at radius 2 is 1.93 bits per heavy atom. The topological polar surface area (TPSA) is 139 Å². The molecular formula is C29H27ClF3N7O4S. The number of ether oxygens (including phenoxy) is 2. The summed E-state index contributed by atoms with van der Waals surface area (Å²) in [5.41, 5.74) is 9.53. The molecule has 0 saturated carbocycles. The van der Waals surface area contributed by atoms with E-state index in [1.807, 2.05) is 15.6 Å². The van der Waals surface area contributed by atoms with Gasteiger partial charge in [-0.2, -0.15) is 19.0 Å². The highest BCUT2D eigenvalue weighted by Crippen LogP contribution is 2.40. The van der Waals surface area contributed by atoms with Gasteiger partial charge in [0.1, 0.15) is 29.7 Å². The second-order valence-electron chi connectivity index (χ2n) is 10.5. The predicted molar refractivity (Wildman–Crippen MR) is 163 cm³/mol. The minimum absolute atomic E-state index is 0.0883. The van der Waals surface area contributed by atoms with E-state index in [1.165, 1.54) is 30.3 Å². The number of rotatable bonds is 9. The van der Waals surface area contributed by atoms with Crippen LogP contribution in [0.4, 0.5) is 24.7 Å². The summed E-state index contributed by atoms with van der Waals surface area (Å²) in [6.07, 6.45) is 7.06. The summed E-state index contributed by atoms with van der Waals surface area (Å²) in [5.74, 6) is -4.28. The first-order valence-electron chi connectivity index (χ1n) is 13.8. The van der Waals surface area contributed by atoms with Crippen LogP contribution in [0.5, 0.6) is 5.75 Å². The highest BCUT2D eigenvalue weighted by Gasteiger charge is 2.27. The predicted octanol–water partition coefficient (Wildman–Crippen LogP) is 5.77. The average molecular weight is 662 g/mol. The molecule has 3 aromatic heterocycles. The molecule has 6 rings (SSSR count). The van der Waals surface area contributed by atoms with Gasteiger partial charge in [-0.3, -0.25) is 14.1 Å². The molecule has 3 N–H and O–H groups in total. The van der Waals surface area contributed by atoms with Gasteiger partial charge in [0, 0.05) is 49.3 Å². The van der Waals surface area contributed by atoms with Crippen molar-refractivity contribution < 1.29 is 31.1 Å². The Morgan fingerprint density at radius 3 is 2.67 bits per heavy atom. The molecule has 0 radical (unpaired) electrons. The van der Waals surface area contributed by atoms with Gasteiger partial charge in [0.2, 0.25) is 0 Å². The van der Waals surface area contributed by atoms with E-state index in [-0.39, 0.29) is 34.9 Å². The molecule has 16 heteroatoms. The number of hydrogen-bond acceptors (Lipinski definition) is 8. The number of pyridine rings is 1. The van der Waals surface area contributed by atoms with Crippen molar-refractivity contribution in [1.82, 2.24) is 24.5 Å². The standard InChI is InChI=1S/C29H27ClF3N7O4S/c1-39-27-20(18-12-36-40(14-18)19-6-8-43-9-7-19)13-35-28(34)25(27)26(37-39)17-3-5-23(38-45(41,42)29(32)33)24(11-17)44-15-16-2-4-21(30)22(31)10-16/h2-5,10-14,19,29,38H,6-9,15H2,1H3,(H2,34,35). The minimum Gasteiger partial charge on any atom is -0.487 e. The number of alkyl halides is 2. The maximum atomic E-state index is 14.0.